The Bertz CT molecular complexity index is 560. The number of morpholine rings is 1. The number of nitrogens with one attached hydrogen (secondary N) is 9. The van der Waals surface area contributed by atoms with Crippen molar-refractivity contribution in [3.8, 4) is 0 Å². The molecule has 0 spiro atoms. The molecule has 0 unspecified atom stereocenters. The molecule has 0 radical (unpaired) electrons. The molecular weight excluding hydrogens is 955 g/mol. The van der Waals surface area contributed by atoms with Crippen molar-refractivity contribution in [3.63, 3.8) is 0 Å². The molecule has 0 bridgehead atoms. The lowest BCUT2D eigenvalue weighted by Gasteiger charge is -2.11. The van der Waals surface area contributed by atoms with Crippen LogP contribution in [0.5, 0.6) is 0 Å². The molecule has 8 fully saturated rings. The molecule has 4 aliphatic carbocycles. The quantitative estimate of drug-likeness (QED) is 0.108. The first-order chi connectivity index (χ1) is 37.5. The van der Waals surface area contributed by atoms with Gasteiger partial charge in [-0.2, -0.15) is 11.8 Å². The molecule has 0 aromatic rings. The van der Waals surface area contributed by atoms with Gasteiger partial charge >= 0.3 is 0 Å². The highest BCUT2D eigenvalue weighted by atomic mass is 32.2. The van der Waals surface area contributed by atoms with Crippen molar-refractivity contribution in [1.29, 1.82) is 0 Å². The van der Waals surface area contributed by atoms with Gasteiger partial charge in [0.2, 0.25) is 0 Å². The number of piperazine rings is 1. The second kappa shape index (κ2) is 135. The van der Waals surface area contributed by atoms with Crippen LogP contribution in [0.3, 0.4) is 0 Å². The Morgan fingerprint density at radius 3 is 0.618 bits per heavy atom. The lowest BCUT2D eigenvalue weighted by molar-refractivity contribution is 0.109. The molecule has 10 nitrogen and oxygen atoms in total. The third-order valence-electron chi connectivity index (χ3n) is 10.0. The summed E-state index contributed by atoms with van der Waals surface area (Å²) in [5.74, 6) is 2.61. The lowest BCUT2D eigenvalue weighted by Crippen LogP contribution is -2.39. The van der Waals surface area contributed by atoms with Gasteiger partial charge in [-0.25, -0.2) is 0 Å². The van der Waals surface area contributed by atoms with Crippen LogP contribution >= 0.6 is 11.8 Å². The molecule has 0 amide bonds. The molecule has 0 aromatic carbocycles. The maximum Gasteiger partial charge on any atom is 0.0840 e. The van der Waals surface area contributed by atoms with Gasteiger partial charge in [0.05, 0.1) is 19.9 Å². The zero-order chi connectivity index (χ0) is 58.9. The van der Waals surface area contributed by atoms with Crippen molar-refractivity contribution in [2.45, 2.75) is 287 Å². The predicted molar refractivity (Wildman–Crippen MR) is 365 cm³/mol. The topological polar surface area (TPSA) is 118 Å². The standard InChI is InChI=1S/C6H10.C5H11N.3C5H10.C4H10N2.C4H9NO.C4H9NS.C3H8N2.C3H6N2.10C2H6.CH4/c2*1-2-4-6-5-3-1;3*1-2-4-5-3-1;1-2-6-4-3-5-1;2*1-3-6-4-2-5-1;2*1-2-5-3-4-1;10*1-2;/h1-2H,3-6H2;6H,1-5H2;3*1-5H2;5-6H,1-4H2;2*5H,1-4H2;4-5H,1-3H2;1-2,4-5H,3H2;10*1-2H3;1H4. The van der Waals surface area contributed by atoms with Gasteiger partial charge in [-0.15, -0.1) is 0 Å². The number of allylic oxidation sites excluding steroid dienone is 2. The third-order valence-corrected chi connectivity index (χ3v) is 11.0. The molecule has 9 N–H and O–H groups in total. The highest BCUT2D eigenvalue weighted by molar-refractivity contribution is 7.99. The molecule has 0 atom stereocenters. The molecule has 0 aromatic heterocycles. The van der Waals surface area contributed by atoms with Crippen molar-refractivity contribution in [1.82, 2.24) is 47.9 Å². The first kappa shape index (κ1) is 100. The Balaban J connectivity index is -0.0000000661. The fraction of sp³-hybridized carbons (Fsp3) is 0.938. The Morgan fingerprint density at radius 2 is 0.513 bits per heavy atom. The van der Waals surface area contributed by atoms with Crippen LogP contribution in [-0.4, -0.2) is 117 Å². The smallest absolute Gasteiger partial charge is 0.0840 e. The molecule has 10 aliphatic rings. The summed E-state index contributed by atoms with van der Waals surface area (Å²) < 4.78 is 5.01. The van der Waals surface area contributed by atoms with E-state index in [1.54, 1.807) is 0 Å². The van der Waals surface area contributed by atoms with Crippen LogP contribution in [0.4, 0.5) is 0 Å². The molecule has 10 rings (SSSR count). The molecular formula is C65H157N9OS. The van der Waals surface area contributed by atoms with E-state index in [9.17, 15) is 0 Å². The van der Waals surface area contributed by atoms with E-state index in [-0.39, 0.29) is 7.43 Å². The Morgan fingerprint density at radius 1 is 0.263 bits per heavy atom. The minimum absolute atomic E-state index is 0. The second-order valence-electron chi connectivity index (χ2n) is 15.2. The van der Waals surface area contributed by atoms with Gasteiger partial charge in [-0.3, -0.25) is 0 Å². The molecule has 6 aliphatic heterocycles. The van der Waals surface area contributed by atoms with E-state index in [1.807, 2.05) is 163 Å². The van der Waals surface area contributed by atoms with Crippen molar-refractivity contribution < 1.29 is 4.74 Å². The average molecular weight is 1110 g/mol. The van der Waals surface area contributed by atoms with E-state index >= 15 is 0 Å². The molecule has 3 saturated carbocycles. The largest absolute Gasteiger partial charge is 0.379 e. The fourth-order valence-corrected chi connectivity index (χ4v) is 7.37. The zero-order valence-corrected chi connectivity index (χ0v) is 56.7. The van der Waals surface area contributed by atoms with Gasteiger partial charge in [-0.05, 0) is 51.6 Å². The van der Waals surface area contributed by atoms with E-state index in [0.717, 1.165) is 78.9 Å². The summed E-state index contributed by atoms with van der Waals surface area (Å²) in [6, 6.07) is 0. The summed E-state index contributed by atoms with van der Waals surface area (Å²) in [5, 5.41) is 28.2. The van der Waals surface area contributed by atoms with Gasteiger partial charge in [0.1, 0.15) is 0 Å². The van der Waals surface area contributed by atoms with Gasteiger partial charge in [0.25, 0.3) is 0 Å². The summed E-state index contributed by atoms with van der Waals surface area (Å²) in [4.78, 5) is 0. The first-order valence-corrected chi connectivity index (χ1v) is 34.5. The van der Waals surface area contributed by atoms with Crippen molar-refractivity contribution in [2.75, 3.05) is 117 Å². The van der Waals surface area contributed by atoms with E-state index in [4.69, 9.17) is 4.74 Å². The molecule has 11 heteroatoms. The van der Waals surface area contributed by atoms with Crippen LogP contribution in [0.1, 0.15) is 287 Å². The van der Waals surface area contributed by atoms with Crippen molar-refractivity contribution in [3.05, 3.63) is 24.6 Å². The van der Waals surface area contributed by atoms with E-state index < -0.39 is 0 Å². The second-order valence-corrected chi connectivity index (χ2v) is 16.4. The highest BCUT2D eigenvalue weighted by Crippen LogP contribution is 2.16. The number of hydrogen-bond acceptors (Lipinski definition) is 11. The fourth-order valence-electron chi connectivity index (χ4n) is 6.59. The monoisotopic (exact) mass is 1110 g/mol. The lowest BCUT2D eigenvalue weighted by atomic mass is 10.1. The minimum Gasteiger partial charge on any atom is -0.379 e. The average Bonchev–Trinajstić information content (AvgIpc) is 4.43. The van der Waals surface area contributed by atoms with Crippen LogP contribution in [0.2, 0.25) is 0 Å². The number of ether oxygens (including phenoxy) is 1. The summed E-state index contributed by atoms with van der Waals surface area (Å²) >= 11 is 2.03. The van der Waals surface area contributed by atoms with Crippen molar-refractivity contribution in [2.24, 2.45) is 0 Å². The van der Waals surface area contributed by atoms with E-state index in [2.05, 4.69) is 60.0 Å². The van der Waals surface area contributed by atoms with Crippen LogP contribution in [0.15, 0.2) is 24.6 Å². The SMILES string of the molecule is C.C1=CCCCC1.C1=CNCN1.C1CCCC1.C1CCCC1.C1CCCC1.C1CCNCC1.C1CNCCN1.C1CNCN1.C1COCCN1.C1CSCCN1.CC.CC.CC.CC.CC.CC.CC.CC.CC.CC. The van der Waals surface area contributed by atoms with Crippen molar-refractivity contribution >= 4 is 11.8 Å². The first-order valence-electron chi connectivity index (χ1n) is 33.4. The predicted octanol–water partition coefficient (Wildman–Crippen LogP) is 17.5. The van der Waals surface area contributed by atoms with Crippen LogP contribution in [-0.2, 0) is 4.74 Å². The van der Waals surface area contributed by atoms with Crippen LogP contribution < -0.4 is 47.9 Å². The molecule has 474 valence electrons. The maximum atomic E-state index is 5.01. The zero-order valence-electron chi connectivity index (χ0n) is 55.9. The Kier molecular flexibility index (Phi) is 179. The summed E-state index contributed by atoms with van der Waals surface area (Å²) in [6.07, 6.45) is 40.5. The molecule has 5 saturated heterocycles. The summed E-state index contributed by atoms with van der Waals surface area (Å²) in [5.41, 5.74) is 0. The summed E-state index contributed by atoms with van der Waals surface area (Å²) in [6.45, 7) is 57.5. The number of thioether (sulfide) groups is 1. The van der Waals surface area contributed by atoms with Gasteiger partial charge < -0.3 is 52.6 Å². The van der Waals surface area contributed by atoms with Gasteiger partial charge in [0, 0.05) is 96.0 Å². The number of piperidine rings is 1. The summed E-state index contributed by atoms with van der Waals surface area (Å²) in [7, 11) is 0. The molecule has 6 heterocycles. The Labute approximate surface area is 490 Å². The molecule has 76 heavy (non-hydrogen) atoms. The minimum atomic E-state index is 0. The van der Waals surface area contributed by atoms with Gasteiger partial charge in [0.15, 0.2) is 0 Å². The number of hydrogen-bond donors (Lipinski definition) is 9. The van der Waals surface area contributed by atoms with E-state index in [0.29, 0.717) is 0 Å². The maximum absolute atomic E-state index is 5.01. The highest BCUT2D eigenvalue weighted by Gasteiger charge is 1.98. The van der Waals surface area contributed by atoms with Gasteiger partial charge in [-0.1, -0.05) is 261 Å². The normalized spacial score (nSPS) is 17.5. The van der Waals surface area contributed by atoms with E-state index in [1.165, 1.54) is 179 Å². The van der Waals surface area contributed by atoms with Crippen LogP contribution in [0.25, 0.3) is 0 Å². The number of rotatable bonds is 0. The third kappa shape index (κ3) is 130. The Hall–Kier alpha value is -0.890. The van der Waals surface area contributed by atoms with Crippen LogP contribution in [0, 0.1) is 0 Å².